The van der Waals surface area contributed by atoms with Crippen molar-refractivity contribution in [2.24, 2.45) is 0 Å². The molecule has 2 saturated heterocycles. The molecule has 2 aromatic carbocycles. The zero-order chi connectivity index (χ0) is 19.2. The number of sulfone groups is 1. The lowest BCUT2D eigenvalue weighted by atomic mass is 10.1. The number of carbonyl (C=O) groups excluding carboxylic acids is 1. The number of halogens is 1. The van der Waals surface area contributed by atoms with Crippen molar-refractivity contribution in [3.8, 4) is 5.75 Å². The van der Waals surface area contributed by atoms with Crippen molar-refractivity contribution in [1.82, 2.24) is 0 Å². The third-order valence-corrected chi connectivity index (χ3v) is 6.60. The van der Waals surface area contributed by atoms with Crippen LogP contribution in [0, 0.1) is 5.82 Å². The highest BCUT2D eigenvalue weighted by Gasteiger charge is 2.54. The van der Waals surface area contributed by atoms with Crippen LogP contribution in [0.1, 0.15) is 6.92 Å². The topological polar surface area (TPSA) is 66.9 Å². The van der Waals surface area contributed by atoms with E-state index >= 15 is 0 Å². The van der Waals surface area contributed by atoms with Gasteiger partial charge in [0, 0.05) is 11.4 Å². The highest BCUT2D eigenvalue weighted by Crippen LogP contribution is 2.38. The van der Waals surface area contributed by atoms with Crippen molar-refractivity contribution in [2.45, 2.75) is 19.0 Å². The van der Waals surface area contributed by atoms with Crippen LogP contribution in [0.15, 0.2) is 48.5 Å². The molecule has 2 unspecified atom stereocenters. The molecule has 2 atom stereocenters. The van der Waals surface area contributed by atoms with Gasteiger partial charge in [0.15, 0.2) is 9.84 Å². The van der Waals surface area contributed by atoms with E-state index in [0.717, 1.165) is 0 Å². The number of rotatable bonds is 4. The van der Waals surface area contributed by atoms with Gasteiger partial charge >= 0.3 is 6.03 Å². The Hall–Kier alpha value is -2.61. The lowest BCUT2D eigenvalue weighted by Crippen LogP contribution is -2.37. The predicted octanol–water partition coefficient (Wildman–Crippen LogP) is 2.84. The summed E-state index contributed by atoms with van der Waals surface area (Å²) in [4.78, 5) is 16.1. The molecule has 2 fully saturated rings. The maximum atomic E-state index is 13.3. The fourth-order valence-corrected chi connectivity index (χ4v) is 5.70. The van der Waals surface area contributed by atoms with E-state index in [2.05, 4.69) is 0 Å². The third kappa shape index (κ3) is 3.14. The molecular weight excluding hydrogens is 371 g/mol. The molecule has 8 heteroatoms. The normalized spacial score (nSPS) is 23.6. The van der Waals surface area contributed by atoms with Gasteiger partial charge < -0.3 is 4.74 Å². The lowest BCUT2D eigenvalue weighted by Gasteiger charge is -2.23. The van der Waals surface area contributed by atoms with Crippen molar-refractivity contribution in [2.75, 3.05) is 27.9 Å². The Balaban J connectivity index is 1.73. The van der Waals surface area contributed by atoms with E-state index in [-0.39, 0.29) is 17.5 Å². The second-order valence-corrected chi connectivity index (χ2v) is 8.79. The molecule has 0 N–H and O–H groups in total. The van der Waals surface area contributed by atoms with Gasteiger partial charge in [-0.3, -0.25) is 9.80 Å². The van der Waals surface area contributed by atoms with Crippen LogP contribution in [0.4, 0.5) is 20.6 Å². The molecule has 142 valence electrons. The van der Waals surface area contributed by atoms with Gasteiger partial charge in [0.25, 0.3) is 0 Å². The zero-order valence-corrected chi connectivity index (χ0v) is 15.5. The number of benzene rings is 2. The standard InChI is InChI=1S/C19H19FN2O4S/c1-2-26-16-9-7-15(8-10-16)22-18-12-27(24,25)11-17(18)21(19(22)23)14-5-3-13(20)4-6-14/h3-10,17-18H,2,11-12H2,1H3. The van der Waals surface area contributed by atoms with Crippen LogP contribution in [0.3, 0.4) is 0 Å². The maximum Gasteiger partial charge on any atom is 0.329 e. The first-order valence-electron chi connectivity index (χ1n) is 8.71. The summed E-state index contributed by atoms with van der Waals surface area (Å²) in [7, 11) is -3.27. The molecule has 0 radical (unpaired) electrons. The molecule has 4 rings (SSSR count). The number of carbonyl (C=O) groups is 1. The van der Waals surface area contributed by atoms with Crippen molar-refractivity contribution < 1.29 is 22.3 Å². The number of anilines is 2. The second kappa shape index (κ2) is 6.53. The Bertz CT molecular complexity index is 960. The van der Waals surface area contributed by atoms with E-state index in [1.54, 1.807) is 24.3 Å². The number of ether oxygens (including phenoxy) is 1. The van der Waals surface area contributed by atoms with Gasteiger partial charge in [0.1, 0.15) is 11.6 Å². The summed E-state index contributed by atoms with van der Waals surface area (Å²) in [6.07, 6.45) is 0. The maximum absolute atomic E-state index is 13.3. The van der Waals surface area contributed by atoms with Crippen LogP contribution >= 0.6 is 0 Å². The molecule has 0 bridgehead atoms. The molecule has 0 saturated carbocycles. The molecule has 0 spiro atoms. The molecule has 27 heavy (non-hydrogen) atoms. The molecule has 2 heterocycles. The highest BCUT2D eigenvalue weighted by molar-refractivity contribution is 7.91. The molecule has 2 aromatic rings. The van der Waals surface area contributed by atoms with Gasteiger partial charge in [0.2, 0.25) is 0 Å². The van der Waals surface area contributed by atoms with E-state index in [9.17, 15) is 17.6 Å². The van der Waals surface area contributed by atoms with E-state index in [1.807, 2.05) is 6.92 Å². The van der Waals surface area contributed by atoms with E-state index in [4.69, 9.17) is 4.74 Å². The molecular formula is C19H19FN2O4S. The number of fused-ring (bicyclic) bond motifs is 1. The first-order chi connectivity index (χ1) is 12.9. The Kier molecular flexibility index (Phi) is 4.30. The number of hydrogen-bond acceptors (Lipinski definition) is 4. The summed E-state index contributed by atoms with van der Waals surface area (Å²) >= 11 is 0. The van der Waals surface area contributed by atoms with E-state index in [0.29, 0.717) is 23.7 Å². The Morgan fingerprint density at radius 2 is 1.44 bits per heavy atom. The number of urea groups is 1. The van der Waals surface area contributed by atoms with Crippen LogP contribution < -0.4 is 14.5 Å². The van der Waals surface area contributed by atoms with Gasteiger partial charge in [0.05, 0.1) is 30.2 Å². The van der Waals surface area contributed by atoms with Crippen LogP contribution in [0.5, 0.6) is 5.75 Å². The predicted molar refractivity (Wildman–Crippen MR) is 101 cm³/mol. The summed E-state index contributed by atoms with van der Waals surface area (Å²) < 4.78 is 43.2. The number of nitrogens with zero attached hydrogens (tertiary/aromatic N) is 2. The van der Waals surface area contributed by atoms with Gasteiger partial charge in [-0.1, -0.05) is 0 Å². The van der Waals surface area contributed by atoms with Crippen LogP contribution in [-0.2, 0) is 9.84 Å². The summed E-state index contributed by atoms with van der Waals surface area (Å²) in [6, 6.07) is 11.2. The lowest BCUT2D eigenvalue weighted by molar-refractivity contribution is 0.255. The van der Waals surface area contributed by atoms with Crippen LogP contribution in [-0.4, -0.2) is 44.6 Å². The Morgan fingerprint density at radius 1 is 0.963 bits per heavy atom. The first kappa shape index (κ1) is 17.8. The molecule has 6 nitrogen and oxygen atoms in total. The fourth-order valence-electron chi connectivity index (χ4n) is 3.78. The minimum Gasteiger partial charge on any atom is -0.494 e. The van der Waals surface area contributed by atoms with Crippen molar-refractivity contribution in [1.29, 1.82) is 0 Å². The number of amides is 2. The monoisotopic (exact) mass is 390 g/mol. The number of hydrogen-bond donors (Lipinski definition) is 0. The Morgan fingerprint density at radius 3 is 1.93 bits per heavy atom. The smallest absolute Gasteiger partial charge is 0.329 e. The average Bonchev–Trinajstić information content (AvgIpc) is 3.06. The molecule has 0 aromatic heterocycles. The van der Waals surface area contributed by atoms with Crippen molar-refractivity contribution >= 4 is 27.2 Å². The largest absolute Gasteiger partial charge is 0.494 e. The average molecular weight is 390 g/mol. The van der Waals surface area contributed by atoms with E-state index in [1.165, 1.54) is 34.1 Å². The minimum absolute atomic E-state index is 0.0890. The molecule has 2 amide bonds. The van der Waals surface area contributed by atoms with Crippen LogP contribution in [0.25, 0.3) is 0 Å². The molecule has 0 aliphatic carbocycles. The zero-order valence-electron chi connectivity index (χ0n) is 14.7. The fraction of sp³-hybridized carbons (Fsp3) is 0.316. The van der Waals surface area contributed by atoms with Crippen molar-refractivity contribution in [3.63, 3.8) is 0 Å². The van der Waals surface area contributed by atoms with Crippen LogP contribution in [0.2, 0.25) is 0 Å². The summed E-state index contributed by atoms with van der Waals surface area (Å²) in [6.45, 7) is 2.41. The minimum atomic E-state index is -3.27. The second-order valence-electron chi connectivity index (χ2n) is 6.64. The SMILES string of the molecule is CCOc1ccc(N2C(=O)N(c3ccc(F)cc3)C3CS(=O)(=O)CC32)cc1. The summed E-state index contributed by atoms with van der Waals surface area (Å²) in [5, 5.41) is 0. The van der Waals surface area contributed by atoms with Gasteiger partial charge in [-0.15, -0.1) is 0 Å². The molecule has 2 aliphatic rings. The first-order valence-corrected chi connectivity index (χ1v) is 10.5. The Labute approximate surface area is 157 Å². The van der Waals surface area contributed by atoms with Crippen molar-refractivity contribution in [3.05, 3.63) is 54.3 Å². The quantitative estimate of drug-likeness (QED) is 0.753. The van der Waals surface area contributed by atoms with E-state index < -0.39 is 27.7 Å². The molecule has 2 aliphatic heterocycles. The van der Waals surface area contributed by atoms with Gasteiger partial charge in [-0.05, 0) is 55.5 Å². The van der Waals surface area contributed by atoms with Gasteiger partial charge in [-0.25, -0.2) is 17.6 Å². The van der Waals surface area contributed by atoms with Gasteiger partial charge in [-0.2, -0.15) is 0 Å². The highest BCUT2D eigenvalue weighted by atomic mass is 32.2. The summed E-state index contributed by atoms with van der Waals surface area (Å²) in [5.41, 5.74) is 1.10. The summed E-state index contributed by atoms with van der Waals surface area (Å²) in [5.74, 6) is 0.0750. The third-order valence-electron chi connectivity index (χ3n) is 4.90.